The van der Waals surface area contributed by atoms with Crippen LogP contribution in [0.3, 0.4) is 0 Å². The first-order valence-electron chi connectivity index (χ1n) is 10.2. The molecule has 31 heavy (non-hydrogen) atoms. The fourth-order valence-corrected chi connectivity index (χ4v) is 5.35. The highest BCUT2D eigenvalue weighted by atomic mass is 32.2. The zero-order valence-electron chi connectivity index (χ0n) is 18.4. The molecule has 0 aliphatic carbocycles. The van der Waals surface area contributed by atoms with Crippen LogP contribution in [0.2, 0.25) is 0 Å². The van der Waals surface area contributed by atoms with Gasteiger partial charge in [-0.3, -0.25) is 13.8 Å². The molecule has 1 aliphatic heterocycles. The molecular formula is C19H28N8O3S. The van der Waals surface area contributed by atoms with E-state index < -0.39 is 15.6 Å². The molecule has 0 aromatic carbocycles. The fraction of sp³-hybridized carbons (Fsp3) is 0.579. The summed E-state index contributed by atoms with van der Waals surface area (Å²) in [7, 11) is -0.138. The van der Waals surface area contributed by atoms with E-state index >= 15 is 0 Å². The molecule has 4 heterocycles. The summed E-state index contributed by atoms with van der Waals surface area (Å²) in [6, 6.07) is 0.0383. The Kier molecular flexibility index (Phi) is 5.16. The van der Waals surface area contributed by atoms with Crippen molar-refractivity contribution in [2.45, 2.75) is 50.1 Å². The van der Waals surface area contributed by atoms with Crippen LogP contribution in [0.4, 0.5) is 5.95 Å². The van der Waals surface area contributed by atoms with Gasteiger partial charge in [0.15, 0.2) is 5.65 Å². The van der Waals surface area contributed by atoms with Crippen LogP contribution in [0.1, 0.15) is 33.6 Å². The zero-order valence-corrected chi connectivity index (χ0v) is 19.2. The number of fused-ring (bicyclic) bond motifs is 1. The van der Waals surface area contributed by atoms with E-state index in [1.54, 1.807) is 29.4 Å². The molecule has 1 saturated heterocycles. The van der Waals surface area contributed by atoms with Crippen molar-refractivity contribution in [3.63, 3.8) is 0 Å². The monoisotopic (exact) mass is 448 g/mol. The Labute approximate surface area is 180 Å². The second-order valence-electron chi connectivity index (χ2n) is 8.92. The van der Waals surface area contributed by atoms with Gasteiger partial charge >= 0.3 is 5.69 Å². The fourth-order valence-electron chi connectivity index (χ4n) is 3.89. The minimum atomic E-state index is -3.54. The van der Waals surface area contributed by atoms with Crippen molar-refractivity contribution >= 4 is 27.1 Å². The number of aromatic nitrogens is 6. The van der Waals surface area contributed by atoms with Crippen LogP contribution in [0.25, 0.3) is 11.2 Å². The van der Waals surface area contributed by atoms with Gasteiger partial charge in [-0.25, -0.2) is 18.2 Å². The predicted octanol–water partition coefficient (Wildman–Crippen LogP) is 0.884. The lowest BCUT2D eigenvalue weighted by molar-refractivity contribution is 0.329. The summed E-state index contributed by atoms with van der Waals surface area (Å²) in [5, 5.41) is 7.27. The Morgan fingerprint density at radius 3 is 2.39 bits per heavy atom. The molecule has 1 fully saturated rings. The van der Waals surface area contributed by atoms with Crippen LogP contribution in [0.15, 0.2) is 28.3 Å². The van der Waals surface area contributed by atoms with Crippen molar-refractivity contribution < 1.29 is 8.42 Å². The van der Waals surface area contributed by atoms with Crippen LogP contribution >= 0.6 is 0 Å². The van der Waals surface area contributed by atoms with Crippen LogP contribution in [-0.4, -0.2) is 60.7 Å². The molecule has 11 nitrogen and oxygen atoms in total. The largest absolute Gasteiger partial charge is 0.351 e. The molecule has 4 rings (SSSR count). The summed E-state index contributed by atoms with van der Waals surface area (Å²) >= 11 is 0. The number of piperidine rings is 1. The first-order chi connectivity index (χ1) is 14.5. The molecule has 0 spiro atoms. The second kappa shape index (κ2) is 7.45. The predicted molar refractivity (Wildman–Crippen MR) is 116 cm³/mol. The van der Waals surface area contributed by atoms with E-state index in [-0.39, 0.29) is 16.6 Å². The van der Waals surface area contributed by atoms with Crippen molar-refractivity contribution in [3.8, 4) is 0 Å². The summed E-state index contributed by atoms with van der Waals surface area (Å²) in [4.78, 5) is 21.9. The average molecular weight is 449 g/mol. The van der Waals surface area contributed by atoms with Crippen LogP contribution in [0, 0.1) is 0 Å². The molecule has 12 heteroatoms. The molecule has 0 radical (unpaired) electrons. The minimum Gasteiger partial charge on any atom is -0.351 e. The molecular weight excluding hydrogens is 420 g/mol. The Bertz CT molecular complexity index is 1270. The number of sulfonamides is 1. The third-order valence-corrected chi connectivity index (χ3v) is 7.43. The van der Waals surface area contributed by atoms with Crippen molar-refractivity contribution in [3.05, 3.63) is 29.1 Å². The summed E-state index contributed by atoms with van der Waals surface area (Å²) in [5.74, 6) is 0.435. The van der Waals surface area contributed by atoms with Gasteiger partial charge in [0.2, 0.25) is 16.0 Å². The third kappa shape index (κ3) is 3.85. The molecule has 168 valence electrons. The van der Waals surface area contributed by atoms with Gasteiger partial charge in [0, 0.05) is 45.0 Å². The van der Waals surface area contributed by atoms with Crippen molar-refractivity contribution in [1.29, 1.82) is 0 Å². The van der Waals surface area contributed by atoms with E-state index in [1.807, 2.05) is 20.8 Å². The number of imidazole rings is 1. The highest BCUT2D eigenvalue weighted by Crippen LogP contribution is 2.23. The average Bonchev–Trinajstić information content (AvgIpc) is 3.24. The van der Waals surface area contributed by atoms with Crippen molar-refractivity contribution in [1.82, 2.24) is 33.2 Å². The van der Waals surface area contributed by atoms with Gasteiger partial charge in [-0.15, -0.1) is 0 Å². The van der Waals surface area contributed by atoms with E-state index in [2.05, 4.69) is 20.4 Å². The molecule has 0 amide bonds. The number of nitrogens with one attached hydrogen (secondary N) is 1. The van der Waals surface area contributed by atoms with Crippen LogP contribution in [0.5, 0.6) is 0 Å². The third-order valence-electron chi connectivity index (χ3n) is 5.58. The normalized spacial score (nSPS) is 16.8. The lowest BCUT2D eigenvalue weighted by atomic mass is 10.1. The van der Waals surface area contributed by atoms with Crippen molar-refractivity contribution in [2.75, 3.05) is 18.4 Å². The van der Waals surface area contributed by atoms with Crippen LogP contribution in [-0.2, 0) is 29.7 Å². The maximum atomic E-state index is 12.8. The highest BCUT2D eigenvalue weighted by molar-refractivity contribution is 7.89. The Balaban J connectivity index is 1.50. The molecule has 0 unspecified atom stereocenters. The molecule has 0 bridgehead atoms. The number of hydrogen-bond acceptors (Lipinski definition) is 7. The quantitative estimate of drug-likeness (QED) is 0.629. The lowest BCUT2D eigenvalue weighted by Gasteiger charge is -2.31. The zero-order chi connectivity index (χ0) is 22.6. The lowest BCUT2D eigenvalue weighted by Crippen LogP contribution is -2.42. The van der Waals surface area contributed by atoms with Gasteiger partial charge in [-0.05, 0) is 33.6 Å². The first kappa shape index (κ1) is 21.5. The molecule has 1 N–H and O–H groups in total. The summed E-state index contributed by atoms with van der Waals surface area (Å²) in [6.07, 6.45) is 5.79. The van der Waals surface area contributed by atoms with Gasteiger partial charge in [0.25, 0.3) is 0 Å². The molecule has 3 aromatic rings. The van der Waals surface area contributed by atoms with Gasteiger partial charge < -0.3 is 5.32 Å². The smallest absolute Gasteiger partial charge is 0.330 e. The molecule has 0 saturated carbocycles. The summed E-state index contributed by atoms with van der Waals surface area (Å²) in [5.41, 5.74) is 0.689. The number of anilines is 1. The standard InChI is InChI=1S/C19H28N8O3S/c1-19(2,3)27-16-15(25(5)18(27)28)11-20-17(23-16)22-13-6-8-26(9-7-13)31(29,30)14-10-21-24(4)12-14/h10-13H,6-9H2,1-5H3,(H,20,22,23). The Hall–Kier alpha value is -2.73. The minimum absolute atomic E-state index is 0.0383. The van der Waals surface area contributed by atoms with Gasteiger partial charge in [-0.1, -0.05) is 0 Å². The van der Waals surface area contributed by atoms with Gasteiger partial charge in [0.05, 0.1) is 12.4 Å². The van der Waals surface area contributed by atoms with Crippen molar-refractivity contribution in [2.24, 2.45) is 14.1 Å². The SMILES string of the molecule is Cn1cc(S(=O)(=O)N2CCC(Nc3ncc4c(n3)n(C(C)(C)C)c(=O)n4C)CC2)cn1. The van der Waals surface area contributed by atoms with E-state index in [9.17, 15) is 13.2 Å². The first-order valence-corrected chi connectivity index (χ1v) is 11.6. The van der Waals surface area contributed by atoms with E-state index in [1.165, 1.54) is 21.4 Å². The Morgan fingerprint density at radius 1 is 1.13 bits per heavy atom. The van der Waals surface area contributed by atoms with Gasteiger partial charge in [0.1, 0.15) is 10.4 Å². The number of hydrogen-bond donors (Lipinski definition) is 1. The number of rotatable bonds is 4. The van der Waals surface area contributed by atoms with Gasteiger partial charge in [-0.2, -0.15) is 14.4 Å². The number of aryl methyl sites for hydroxylation is 2. The van der Waals surface area contributed by atoms with E-state index in [4.69, 9.17) is 0 Å². The Morgan fingerprint density at radius 2 is 1.81 bits per heavy atom. The maximum absolute atomic E-state index is 12.8. The summed E-state index contributed by atoms with van der Waals surface area (Å²) < 4.78 is 31.7. The van der Waals surface area contributed by atoms with Crippen LogP contribution < -0.4 is 11.0 Å². The highest BCUT2D eigenvalue weighted by Gasteiger charge is 2.31. The number of nitrogens with zero attached hydrogens (tertiary/aromatic N) is 7. The molecule has 1 aliphatic rings. The molecule has 0 atom stereocenters. The second-order valence-corrected chi connectivity index (χ2v) is 10.9. The summed E-state index contributed by atoms with van der Waals surface area (Å²) in [6.45, 7) is 6.68. The molecule has 3 aromatic heterocycles. The van der Waals surface area contributed by atoms with E-state index in [0.29, 0.717) is 43.0 Å². The maximum Gasteiger partial charge on any atom is 0.330 e. The topological polar surface area (TPSA) is 120 Å². The van der Waals surface area contributed by atoms with E-state index in [0.717, 1.165) is 0 Å².